The fraction of sp³-hybridized carbons (Fsp3) is 0.600. The summed E-state index contributed by atoms with van der Waals surface area (Å²) in [6, 6.07) is 3.07. The number of methoxy groups -OCH3 is 1. The first-order valence-corrected chi connectivity index (χ1v) is 20.7. The number of fused-ring (bicyclic) bond motifs is 1. The summed E-state index contributed by atoms with van der Waals surface area (Å²) in [5, 5.41) is 13.8. The van der Waals surface area contributed by atoms with Crippen molar-refractivity contribution in [3.05, 3.63) is 35.5 Å². The Bertz CT molecular complexity index is 1680. The third-order valence-corrected chi connectivity index (χ3v) is 10.5. The molecule has 2 N–H and O–H groups in total. The van der Waals surface area contributed by atoms with Gasteiger partial charge in [-0.1, -0.05) is 19.6 Å². The van der Waals surface area contributed by atoms with E-state index >= 15 is 4.39 Å². The lowest BCUT2D eigenvalue weighted by atomic mass is 10.0. The maximum atomic E-state index is 15.0. The van der Waals surface area contributed by atoms with Gasteiger partial charge >= 0.3 is 6.09 Å². The monoisotopic (exact) mass is 699 g/mol. The van der Waals surface area contributed by atoms with Crippen LogP contribution < -0.4 is 14.8 Å². The molecule has 5 rings (SSSR count). The predicted octanol–water partition coefficient (Wildman–Crippen LogP) is 5.76. The van der Waals surface area contributed by atoms with Gasteiger partial charge in [-0.3, -0.25) is 4.79 Å². The number of likely N-dealkylation sites (tertiary alicyclic amines) is 1. The summed E-state index contributed by atoms with van der Waals surface area (Å²) in [4.78, 5) is 37.7. The van der Waals surface area contributed by atoms with Crippen molar-refractivity contribution in [1.82, 2.24) is 24.8 Å². The van der Waals surface area contributed by atoms with Crippen LogP contribution in [-0.2, 0) is 16.2 Å². The molecule has 49 heavy (non-hydrogen) atoms. The lowest BCUT2D eigenvalue weighted by Gasteiger charge is -2.37. The van der Waals surface area contributed by atoms with Crippen molar-refractivity contribution in [3.8, 4) is 22.8 Å². The van der Waals surface area contributed by atoms with Gasteiger partial charge in [0.05, 0.1) is 36.9 Å². The average Bonchev–Trinajstić information content (AvgIpc) is 3.80. The molecule has 1 aliphatic heterocycles. The van der Waals surface area contributed by atoms with E-state index < -0.39 is 43.6 Å². The highest BCUT2D eigenvalue weighted by Crippen LogP contribution is 2.40. The third kappa shape index (κ3) is 8.89. The Morgan fingerprint density at radius 2 is 1.86 bits per heavy atom. The number of aliphatic hydroxyl groups excluding tert-OH is 1. The first-order valence-electron chi connectivity index (χ1n) is 17.0. The van der Waals surface area contributed by atoms with Crippen molar-refractivity contribution >= 4 is 31.1 Å². The second-order valence-corrected chi connectivity index (χ2v) is 20.9. The summed E-state index contributed by atoms with van der Waals surface area (Å²) in [5.74, 6) is -0.263. The van der Waals surface area contributed by atoms with E-state index in [1.54, 1.807) is 26.8 Å². The van der Waals surface area contributed by atoms with Crippen LogP contribution in [0.3, 0.4) is 0 Å². The zero-order valence-electron chi connectivity index (χ0n) is 29.9. The van der Waals surface area contributed by atoms with E-state index in [4.69, 9.17) is 18.9 Å². The second kappa shape index (κ2) is 14.6. The summed E-state index contributed by atoms with van der Waals surface area (Å²) in [6.45, 7) is 15.5. The Labute approximate surface area is 288 Å². The first-order chi connectivity index (χ1) is 23.1. The number of amides is 2. The standard InChI is InChI=1S/C35H50FN5O7Si/c1-21-29(33(43)39-25-17-40(12-11-26(25)42)34(44)48-35(2,3)4)31-32(41(21)20-46-13-14-49(6,7)8)30(37-19-38-31)23-15-28(45-5)24(36)16-27(23)47-18-22-9-10-22/h15-16,19,22,25-26,42H,9-14,17-18,20H2,1-8H3,(H,39,43)/t25-,26+/m0/s1. The van der Waals surface area contributed by atoms with E-state index in [-0.39, 0.29) is 31.0 Å². The zero-order chi connectivity index (χ0) is 35.7. The van der Waals surface area contributed by atoms with Gasteiger partial charge in [0.2, 0.25) is 0 Å². The highest BCUT2D eigenvalue weighted by atomic mass is 28.3. The molecule has 0 radical (unpaired) electrons. The number of benzene rings is 1. The first kappa shape index (κ1) is 36.5. The number of aromatic nitrogens is 3. The van der Waals surface area contributed by atoms with Crippen LogP contribution in [0.1, 0.15) is 56.1 Å². The van der Waals surface area contributed by atoms with E-state index in [2.05, 4.69) is 34.9 Å². The number of hydrogen-bond acceptors (Lipinski definition) is 9. The van der Waals surface area contributed by atoms with Gasteiger partial charge in [-0.15, -0.1) is 0 Å². The van der Waals surface area contributed by atoms with Crippen molar-refractivity contribution < 1.29 is 38.0 Å². The zero-order valence-corrected chi connectivity index (χ0v) is 30.9. The number of hydrogen-bond donors (Lipinski definition) is 2. The van der Waals surface area contributed by atoms with Crippen molar-refractivity contribution in [2.45, 2.75) is 97.1 Å². The SMILES string of the molecule is COc1cc(-c2ncnc3c(C(=O)N[C@H]4CN(C(=O)OC(C)(C)C)CC[C@H]4O)c(C)n(COCC[Si](C)(C)C)c23)c(OCC2CC2)cc1F. The smallest absolute Gasteiger partial charge is 0.410 e. The molecule has 2 aliphatic rings. The lowest BCUT2D eigenvalue weighted by Crippen LogP contribution is -2.57. The molecule has 2 amide bonds. The number of nitrogens with zero attached hydrogens (tertiary/aromatic N) is 4. The predicted molar refractivity (Wildman–Crippen MR) is 186 cm³/mol. The average molecular weight is 700 g/mol. The van der Waals surface area contributed by atoms with Gasteiger partial charge in [-0.25, -0.2) is 19.2 Å². The molecule has 0 bridgehead atoms. The molecule has 2 atom stereocenters. The maximum absolute atomic E-state index is 15.0. The summed E-state index contributed by atoms with van der Waals surface area (Å²) >= 11 is 0. The van der Waals surface area contributed by atoms with Gasteiger partial charge < -0.3 is 38.8 Å². The van der Waals surface area contributed by atoms with Gasteiger partial charge in [0.15, 0.2) is 11.6 Å². The minimum atomic E-state index is -1.38. The Kier molecular flexibility index (Phi) is 10.9. The molecule has 1 saturated heterocycles. The van der Waals surface area contributed by atoms with Crippen molar-refractivity contribution in [2.75, 3.05) is 33.4 Å². The molecule has 1 aliphatic carbocycles. The molecule has 3 heterocycles. The fourth-order valence-electron chi connectivity index (χ4n) is 5.76. The van der Waals surface area contributed by atoms with E-state index in [0.29, 0.717) is 59.4 Å². The molecular formula is C35H50FN5O7Si. The summed E-state index contributed by atoms with van der Waals surface area (Å²) in [7, 11) is 0.0123. The van der Waals surface area contributed by atoms with Crippen LogP contribution >= 0.6 is 0 Å². The van der Waals surface area contributed by atoms with Gasteiger partial charge in [0, 0.05) is 45.1 Å². The van der Waals surface area contributed by atoms with Crippen LogP contribution in [0.25, 0.3) is 22.3 Å². The van der Waals surface area contributed by atoms with E-state index in [1.165, 1.54) is 24.4 Å². The number of nitrogens with one attached hydrogen (secondary N) is 1. The van der Waals surface area contributed by atoms with Crippen LogP contribution in [0.2, 0.25) is 25.7 Å². The van der Waals surface area contributed by atoms with E-state index in [1.807, 2.05) is 11.5 Å². The fourth-order valence-corrected chi connectivity index (χ4v) is 6.52. The highest BCUT2D eigenvalue weighted by Gasteiger charge is 2.35. The Morgan fingerprint density at radius 3 is 2.51 bits per heavy atom. The van der Waals surface area contributed by atoms with Gasteiger partial charge in [-0.2, -0.15) is 0 Å². The number of aliphatic hydroxyl groups is 1. The van der Waals surface area contributed by atoms with E-state index in [9.17, 15) is 14.7 Å². The number of ether oxygens (including phenoxy) is 4. The van der Waals surface area contributed by atoms with Gasteiger partial charge in [-0.05, 0) is 65.0 Å². The molecule has 1 saturated carbocycles. The molecule has 2 aromatic heterocycles. The molecule has 268 valence electrons. The molecule has 3 aromatic rings. The molecule has 12 nitrogen and oxygen atoms in total. The van der Waals surface area contributed by atoms with Crippen LogP contribution in [0.15, 0.2) is 18.5 Å². The Balaban J connectivity index is 1.55. The number of carbonyl (C=O) groups is 2. The maximum Gasteiger partial charge on any atom is 0.410 e. The van der Waals surface area contributed by atoms with Crippen molar-refractivity contribution in [3.63, 3.8) is 0 Å². The minimum absolute atomic E-state index is 0.0283. The molecular weight excluding hydrogens is 649 g/mol. The second-order valence-electron chi connectivity index (χ2n) is 15.3. The van der Waals surface area contributed by atoms with Gasteiger partial charge in [0.25, 0.3) is 5.91 Å². The number of rotatable bonds is 12. The molecule has 0 unspecified atom stereocenters. The minimum Gasteiger partial charge on any atom is -0.494 e. The van der Waals surface area contributed by atoms with Crippen LogP contribution in [-0.4, -0.2) is 95.8 Å². The quantitative estimate of drug-likeness (QED) is 0.179. The molecule has 0 spiro atoms. The van der Waals surface area contributed by atoms with Crippen molar-refractivity contribution in [2.24, 2.45) is 5.92 Å². The van der Waals surface area contributed by atoms with Crippen LogP contribution in [0.5, 0.6) is 11.5 Å². The Hall–Kier alpha value is -3.75. The van der Waals surface area contributed by atoms with Gasteiger partial charge in [0.1, 0.15) is 35.6 Å². The van der Waals surface area contributed by atoms with E-state index in [0.717, 1.165) is 18.9 Å². The summed E-state index contributed by atoms with van der Waals surface area (Å²) in [6.07, 6.45) is 2.39. The third-order valence-electron chi connectivity index (χ3n) is 8.76. The molecule has 2 fully saturated rings. The lowest BCUT2D eigenvalue weighted by molar-refractivity contribution is 0.000475. The number of carbonyl (C=O) groups excluding carboxylic acids is 2. The highest BCUT2D eigenvalue weighted by molar-refractivity contribution is 6.76. The number of piperidine rings is 1. The topological polar surface area (TPSA) is 137 Å². The van der Waals surface area contributed by atoms with Crippen LogP contribution in [0.4, 0.5) is 9.18 Å². The molecule has 1 aromatic carbocycles. The number of halogens is 1. The summed E-state index contributed by atoms with van der Waals surface area (Å²) in [5.41, 5.74) is 1.97. The van der Waals surface area contributed by atoms with Crippen LogP contribution in [0, 0.1) is 18.7 Å². The molecule has 14 heteroatoms. The Morgan fingerprint density at radius 1 is 1.12 bits per heavy atom. The summed E-state index contributed by atoms with van der Waals surface area (Å²) < 4.78 is 40.1. The normalized spacial score (nSPS) is 18.4. The van der Waals surface area contributed by atoms with Crippen molar-refractivity contribution in [1.29, 1.82) is 0 Å². The largest absolute Gasteiger partial charge is 0.494 e.